The van der Waals surface area contributed by atoms with Gasteiger partial charge in [-0.05, 0) is 72.4 Å². The Balaban J connectivity index is 1.70. The van der Waals surface area contributed by atoms with E-state index >= 15 is 0 Å². The molecule has 2 amide bonds. The highest BCUT2D eigenvalue weighted by molar-refractivity contribution is 7.86. The van der Waals surface area contributed by atoms with Crippen molar-refractivity contribution in [3.8, 4) is 11.5 Å². The second kappa shape index (κ2) is 9.84. The number of carbonyl (C=O) groups excluding carboxylic acids is 2. The second-order valence-corrected chi connectivity index (χ2v) is 10.7. The van der Waals surface area contributed by atoms with Gasteiger partial charge in [0.1, 0.15) is 22.0 Å². The molecule has 37 heavy (non-hydrogen) atoms. The van der Waals surface area contributed by atoms with E-state index in [1.807, 2.05) is 6.07 Å². The molecule has 3 aromatic rings. The first-order valence-corrected chi connectivity index (χ1v) is 13.5. The molecule has 0 bridgehead atoms. The first-order chi connectivity index (χ1) is 17.3. The fraction of sp³-hybridized carbons (Fsp3) is 0. The van der Waals surface area contributed by atoms with Gasteiger partial charge in [0.05, 0.1) is 10.6 Å². The SMILES string of the molecule is O=C1NC(=S)N(c2ccc(Oc3ccccc3)cc2)C(=O)/C1=C/c1ccc(S(=O)(=O)O)cc1S(=O)(=O)O. The molecule has 1 fully saturated rings. The van der Waals surface area contributed by atoms with Crippen LogP contribution in [0.4, 0.5) is 5.69 Å². The molecule has 4 rings (SSSR count). The fourth-order valence-corrected chi connectivity index (χ4v) is 4.92. The van der Waals surface area contributed by atoms with Gasteiger partial charge in [-0.1, -0.05) is 24.3 Å². The Morgan fingerprint density at radius 2 is 1.46 bits per heavy atom. The van der Waals surface area contributed by atoms with Crippen LogP contribution in [0.2, 0.25) is 0 Å². The van der Waals surface area contributed by atoms with Crippen LogP contribution in [0, 0.1) is 0 Å². The molecule has 1 saturated heterocycles. The lowest BCUT2D eigenvalue weighted by Crippen LogP contribution is -2.54. The Kier molecular flexibility index (Phi) is 6.94. The molecule has 0 aromatic heterocycles. The first kappa shape index (κ1) is 26.1. The number of carbonyl (C=O) groups is 2. The normalized spacial score (nSPS) is 15.6. The maximum atomic E-state index is 13.2. The van der Waals surface area contributed by atoms with E-state index in [0.29, 0.717) is 17.6 Å². The molecule has 1 aliphatic rings. The number of rotatable bonds is 6. The van der Waals surface area contributed by atoms with E-state index in [-0.39, 0.29) is 16.4 Å². The van der Waals surface area contributed by atoms with Crippen molar-refractivity contribution < 1.29 is 40.3 Å². The van der Waals surface area contributed by atoms with E-state index in [4.69, 9.17) is 17.0 Å². The zero-order valence-corrected chi connectivity index (χ0v) is 20.9. The topological polar surface area (TPSA) is 167 Å². The van der Waals surface area contributed by atoms with Gasteiger partial charge in [-0.15, -0.1) is 0 Å². The number of thiocarbonyl (C=S) groups is 1. The standard InChI is InChI=1S/C23H16N2O9S3/c26-21-19(12-14-6-11-18(36(28,29)30)13-20(14)37(31,32)33)22(27)25(23(35)24-21)15-7-9-17(10-8-15)34-16-4-2-1-3-5-16/h1-13H,(H,24,26,35)(H,28,29,30)(H,31,32,33)/b19-12+. The smallest absolute Gasteiger partial charge is 0.295 e. The number of ether oxygens (including phenoxy) is 1. The Hall–Kier alpha value is -3.95. The zero-order chi connectivity index (χ0) is 27.0. The molecule has 0 spiro atoms. The number of amides is 2. The van der Waals surface area contributed by atoms with E-state index in [9.17, 15) is 35.5 Å². The Labute approximate surface area is 216 Å². The van der Waals surface area contributed by atoms with Gasteiger partial charge in [0, 0.05) is 0 Å². The summed E-state index contributed by atoms with van der Waals surface area (Å²) in [5, 5.41) is 2.09. The molecular weight excluding hydrogens is 544 g/mol. The van der Waals surface area contributed by atoms with Crippen LogP contribution in [0.25, 0.3) is 6.08 Å². The summed E-state index contributed by atoms with van der Waals surface area (Å²) >= 11 is 5.15. The van der Waals surface area contributed by atoms with Crippen molar-refractivity contribution in [2.45, 2.75) is 9.79 Å². The number of hydrogen-bond acceptors (Lipinski definition) is 8. The number of benzene rings is 3. The number of hydrogen-bond donors (Lipinski definition) is 3. The Bertz CT molecular complexity index is 1670. The average Bonchev–Trinajstić information content (AvgIpc) is 2.82. The molecule has 1 aliphatic heterocycles. The third kappa shape index (κ3) is 5.73. The van der Waals surface area contributed by atoms with E-state index in [0.717, 1.165) is 23.1 Å². The van der Waals surface area contributed by atoms with Gasteiger partial charge < -0.3 is 4.74 Å². The van der Waals surface area contributed by atoms with Crippen LogP contribution in [0.1, 0.15) is 5.56 Å². The van der Waals surface area contributed by atoms with Crippen LogP contribution in [0.3, 0.4) is 0 Å². The lowest BCUT2D eigenvalue weighted by atomic mass is 10.1. The van der Waals surface area contributed by atoms with Crippen LogP contribution >= 0.6 is 12.2 Å². The van der Waals surface area contributed by atoms with Gasteiger partial charge in [-0.3, -0.25) is 28.9 Å². The predicted octanol–water partition coefficient (Wildman–Crippen LogP) is 2.80. The number of anilines is 1. The molecule has 0 radical (unpaired) electrons. The molecule has 3 aromatic carbocycles. The minimum Gasteiger partial charge on any atom is -0.457 e. The minimum absolute atomic E-state index is 0.236. The van der Waals surface area contributed by atoms with E-state index in [1.54, 1.807) is 36.4 Å². The van der Waals surface area contributed by atoms with Gasteiger partial charge in [-0.25, -0.2) is 0 Å². The molecule has 11 nitrogen and oxygen atoms in total. The number of para-hydroxylation sites is 1. The summed E-state index contributed by atoms with van der Waals surface area (Å²) in [5.41, 5.74) is -0.673. The van der Waals surface area contributed by atoms with Crippen LogP contribution < -0.4 is 15.0 Å². The zero-order valence-electron chi connectivity index (χ0n) is 18.4. The van der Waals surface area contributed by atoms with Gasteiger partial charge in [-0.2, -0.15) is 16.8 Å². The molecular formula is C23H16N2O9S3. The van der Waals surface area contributed by atoms with Crippen molar-refractivity contribution >= 4 is 61.1 Å². The van der Waals surface area contributed by atoms with Gasteiger partial charge in [0.2, 0.25) is 0 Å². The lowest BCUT2D eigenvalue weighted by Gasteiger charge is -2.29. The Morgan fingerprint density at radius 1 is 0.838 bits per heavy atom. The number of nitrogens with zero attached hydrogens (tertiary/aromatic N) is 1. The van der Waals surface area contributed by atoms with Gasteiger partial charge in [0.15, 0.2) is 5.11 Å². The van der Waals surface area contributed by atoms with Gasteiger partial charge in [0.25, 0.3) is 32.1 Å². The van der Waals surface area contributed by atoms with Crippen molar-refractivity contribution in [1.82, 2.24) is 5.32 Å². The third-order valence-electron chi connectivity index (χ3n) is 5.04. The van der Waals surface area contributed by atoms with Crippen molar-refractivity contribution in [1.29, 1.82) is 0 Å². The number of nitrogens with one attached hydrogen (secondary N) is 1. The molecule has 0 aliphatic carbocycles. The lowest BCUT2D eigenvalue weighted by molar-refractivity contribution is -0.122. The van der Waals surface area contributed by atoms with Crippen molar-refractivity contribution in [2.24, 2.45) is 0 Å². The highest BCUT2D eigenvalue weighted by Gasteiger charge is 2.35. The second-order valence-electron chi connectivity index (χ2n) is 7.52. The maximum Gasteiger partial charge on any atom is 0.295 e. The molecule has 0 unspecified atom stereocenters. The van der Waals surface area contributed by atoms with Crippen molar-refractivity contribution in [3.63, 3.8) is 0 Å². The largest absolute Gasteiger partial charge is 0.457 e. The summed E-state index contributed by atoms with van der Waals surface area (Å²) < 4.78 is 71.0. The van der Waals surface area contributed by atoms with Crippen LogP contribution in [-0.4, -0.2) is 42.9 Å². The summed E-state index contributed by atoms with van der Waals surface area (Å²) in [4.78, 5) is 25.0. The molecule has 190 valence electrons. The van der Waals surface area contributed by atoms with E-state index in [1.165, 1.54) is 12.1 Å². The third-order valence-corrected chi connectivity index (χ3v) is 7.08. The molecule has 1 heterocycles. The maximum absolute atomic E-state index is 13.2. The molecule has 0 saturated carbocycles. The Morgan fingerprint density at radius 3 is 2.05 bits per heavy atom. The first-order valence-electron chi connectivity index (χ1n) is 10.2. The summed E-state index contributed by atoms with van der Waals surface area (Å²) in [6, 6.07) is 17.4. The van der Waals surface area contributed by atoms with E-state index < -0.39 is 47.4 Å². The summed E-state index contributed by atoms with van der Waals surface area (Å²) in [5.74, 6) is -0.810. The molecule has 3 N–H and O–H groups in total. The van der Waals surface area contributed by atoms with Crippen LogP contribution in [0.5, 0.6) is 11.5 Å². The van der Waals surface area contributed by atoms with Crippen molar-refractivity contribution in [3.05, 3.63) is 83.9 Å². The van der Waals surface area contributed by atoms with Crippen LogP contribution in [0.15, 0.2) is 88.2 Å². The van der Waals surface area contributed by atoms with Crippen molar-refractivity contribution in [2.75, 3.05) is 4.90 Å². The predicted molar refractivity (Wildman–Crippen MR) is 135 cm³/mol. The highest BCUT2D eigenvalue weighted by Crippen LogP contribution is 2.28. The molecule has 0 atom stereocenters. The van der Waals surface area contributed by atoms with E-state index in [2.05, 4.69) is 5.32 Å². The quantitative estimate of drug-likeness (QED) is 0.176. The van der Waals surface area contributed by atoms with Crippen LogP contribution in [-0.2, 0) is 29.8 Å². The summed E-state index contributed by atoms with van der Waals surface area (Å²) in [6.07, 6.45) is 0.857. The summed E-state index contributed by atoms with van der Waals surface area (Å²) in [6.45, 7) is 0. The fourth-order valence-electron chi connectivity index (χ4n) is 3.35. The summed E-state index contributed by atoms with van der Waals surface area (Å²) in [7, 11) is -9.84. The molecule has 14 heteroatoms. The monoisotopic (exact) mass is 560 g/mol. The van der Waals surface area contributed by atoms with Gasteiger partial charge >= 0.3 is 0 Å². The average molecular weight is 561 g/mol. The minimum atomic E-state index is -5.03. The highest BCUT2D eigenvalue weighted by atomic mass is 32.2.